The molecule has 0 aromatic heterocycles. The number of ketones is 1. The van der Waals surface area contributed by atoms with Gasteiger partial charge in [0.05, 0.1) is 0 Å². The Balaban J connectivity index is 0.00000106. The molecule has 1 heterocycles. The molecule has 1 aliphatic rings. The second kappa shape index (κ2) is 8.86. The van der Waals surface area contributed by atoms with Gasteiger partial charge in [0.2, 0.25) is 0 Å². The van der Waals surface area contributed by atoms with Crippen molar-refractivity contribution < 1.29 is 4.79 Å². The molecule has 0 bridgehead atoms. The number of carbonyl (C=O) groups excluding carboxylic acids is 1. The van der Waals surface area contributed by atoms with Crippen molar-refractivity contribution in [3.05, 3.63) is 29.8 Å². The molecule has 1 aliphatic heterocycles. The topological polar surface area (TPSA) is 20.3 Å². The number of hydrogen-bond acceptors (Lipinski definition) is 2. The second-order valence-corrected chi connectivity index (χ2v) is 5.90. The maximum atomic E-state index is 11.9. The van der Waals surface area contributed by atoms with Crippen LogP contribution in [0.3, 0.4) is 0 Å². The fourth-order valence-corrected chi connectivity index (χ4v) is 2.77. The van der Waals surface area contributed by atoms with Gasteiger partial charge in [-0.3, -0.25) is 4.79 Å². The molecule has 118 valence electrons. The standard InChI is InChI=1S/C17H25NO.C2H6/c1-4-14-9-11-18(12-10-14)16-7-5-15(6-8-16)17(19)13(2)3;1-2/h5-8,13-14H,4,9-12H2,1-3H3;1-2H3. The zero-order chi connectivity index (χ0) is 15.8. The van der Waals surface area contributed by atoms with Crippen molar-refractivity contribution in [1.82, 2.24) is 0 Å². The van der Waals surface area contributed by atoms with E-state index in [0.717, 1.165) is 24.6 Å². The summed E-state index contributed by atoms with van der Waals surface area (Å²) in [7, 11) is 0. The van der Waals surface area contributed by atoms with E-state index in [0.29, 0.717) is 0 Å². The highest BCUT2D eigenvalue weighted by Crippen LogP contribution is 2.25. The number of piperidine rings is 1. The molecule has 0 amide bonds. The van der Waals surface area contributed by atoms with Crippen LogP contribution in [-0.4, -0.2) is 18.9 Å². The lowest BCUT2D eigenvalue weighted by Crippen LogP contribution is -2.33. The van der Waals surface area contributed by atoms with Crippen LogP contribution in [0.5, 0.6) is 0 Å². The van der Waals surface area contributed by atoms with Crippen LogP contribution in [-0.2, 0) is 0 Å². The summed E-state index contributed by atoms with van der Waals surface area (Å²) in [6.07, 6.45) is 3.89. The van der Waals surface area contributed by atoms with Crippen LogP contribution in [0.1, 0.15) is 64.2 Å². The third-order valence-electron chi connectivity index (χ3n) is 4.23. The number of rotatable bonds is 4. The monoisotopic (exact) mass is 289 g/mol. The van der Waals surface area contributed by atoms with E-state index in [9.17, 15) is 4.79 Å². The Bertz CT molecular complexity index is 414. The van der Waals surface area contributed by atoms with Gasteiger partial charge in [-0.2, -0.15) is 0 Å². The van der Waals surface area contributed by atoms with Crippen molar-refractivity contribution in [2.24, 2.45) is 11.8 Å². The molecular weight excluding hydrogens is 258 g/mol. The number of carbonyl (C=O) groups is 1. The maximum absolute atomic E-state index is 11.9. The first kappa shape index (κ1) is 17.7. The van der Waals surface area contributed by atoms with Crippen molar-refractivity contribution in [3.63, 3.8) is 0 Å². The predicted octanol–water partition coefficient (Wildman–Crippen LogP) is 5.18. The molecule has 2 nitrogen and oxygen atoms in total. The first-order chi connectivity index (χ1) is 10.1. The molecule has 0 radical (unpaired) electrons. The van der Waals surface area contributed by atoms with Crippen LogP contribution < -0.4 is 4.90 Å². The minimum atomic E-state index is 0.0751. The molecule has 2 heteroatoms. The molecule has 0 aliphatic carbocycles. The van der Waals surface area contributed by atoms with E-state index in [-0.39, 0.29) is 11.7 Å². The fraction of sp³-hybridized carbons (Fsp3) is 0.632. The van der Waals surface area contributed by atoms with Crippen LogP contribution >= 0.6 is 0 Å². The summed E-state index contributed by atoms with van der Waals surface area (Å²) in [5, 5.41) is 0. The van der Waals surface area contributed by atoms with E-state index in [1.807, 2.05) is 39.8 Å². The van der Waals surface area contributed by atoms with E-state index in [4.69, 9.17) is 0 Å². The first-order valence-electron chi connectivity index (χ1n) is 8.51. The summed E-state index contributed by atoms with van der Waals surface area (Å²) < 4.78 is 0. The zero-order valence-corrected chi connectivity index (χ0v) is 14.4. The lowest BCUT2D eigenvalue weighted by Gasteiger charge is -2.33. The maximum Gasteiger partial charge on any atom is 0.165 e. The highest BCUT2D eigenvalue weighted by molar-refractivity contribution is 5.97. The zero-order valence-electron chi connectivity index (χ0n) is 14.4. The summed E-state index contributed by atoms with van der Waals surface area (Å²) in [6, 6.07) is 8.15. The number of nitrogens with zero attached hydrogens (tertiary/aromatic N) is 1. The Kier molecular flexibility index (Phi) is 7.49. The van der Waals surface area contributed by atoms with Gasteiger partial charge < -0.3 is 4.90 Å². The fourth-order valence-electron chi connectivity index (χ4n) is 2.77. The number of anilines is 1. The normalized spacial score (nSPS) is 15.6. The average molecular weight is 289 g/mol. The Labute approximate surface area is 130 Å². The van der Waals surface area contributed by atoms with Crippen molar-refractivity contribution >= 4 is 11.5 Å². The molecule has 1 saturated heterocycles. The lowest BCUT2D eigenvalue weighted by molar-refractivity contribution is 0.0939. The lowest BCUT2D eigenvalue weighted by atomic mass is 9.94. The Hall–Kier alpha value is -1.31. The van der Waals surface area contributed by atoms with Crippen molar-refractivity contribution in [2.75, 3.05) is 18.0 Å². The second-order valence-electron chi connectivity index (χ2n) is 5.90. The van der Waals surface area contributed by atoms with E-state index >= 15 is 0 Å². The summed E-state index contributed by atoms with van der Waals surface area (Å²) >= 11 is 0. The van der Waals surface area contributed by atoms with Crippen molar-refractivity contribution in [3.8, 4) is 0 Å². The van der Waals surface area contributed by atoms with Crippen molar-refractivity contribution in [1.29, 1.82) is 0 Å². The Morgan fingerprint density at radius 3 is 2.10 bits per heavy atom. The molecular formula is C19H31NO. The van der Waals surface area contributed by atoms with Gasteiger partial charge in [0.1, 0.15) is 0 Å². The van der Waals surface area contributed by atoms with Gasteiger partial charge in [-0.25, -0.2) is 0 Å². The molecule has 1 aromatic carbocycles. The Morgan fingerprint density at radius 2 is 1.67 bits per heavy atom. The largest absolute Gasteiger partial charge is 0.372 e. The van der Waals surface area contributed by atoms with Gasteiger partial charge >= 0.3 is 0 Å². The van der Waals surface area contributed by atoms with E-state index in [1.165, 1.54) is 24.9 Å². The SMILES string of the molecule is CC.CCC1CCN(c2ccc(C(=O)C(C)C)cc2)CC1. The van der Waals surface area contributed by atoms with Gasteiger partial charge in [-0.1, -0.05) is 41.0 Å². The van der Waals surface area contributed by atoms with E-state index < -0.39 is 0 Å². The van der Waals surface area contributed by atoms with Gasteiger partial charge in [-0.15, -0.1) is 0 Å². The summed E-state index contributed by atoms with van der Waals surface area (Å²) in [5.74, 6) is 1.21. The molecule has 0 atom stereocenters. The third-order valence-corrected chi connectivity index (χ3v) is 4.23. The molecule has 0 spiro atoms. The third kappa shape index (κ3) is 4.87. The predicted molar refractivity (Wildman–Crippen MR) is 92.2 cm³/mol. The van der Waals surface area contributed by atoms with Crippen LogP contribution in [0.2, 0.25) is 0 Å². The van der Waals surface area contributed by atoms with Crippen LogP contribution in [0, 0.1) is 11.8 Å². The highest BCUT2D eigenvalue weighted by atomic mass is 16.1. The summed E-state index contributed by atoms with van der Waals surface area (Å²) in [5.41, 5.74) is 2.09. The summed E-state index contributed by atoms with van der Waals surface area (Å²) in [6.45, 7) is 12.5. The smallest absolute Gasteiger partial charge is 0.165 e. The number of benzene rings is 1. The van der Waals surface area contributed by atoms with Gasteiger partial charge in [0, 0.05) is 30.3 Å². The van der Waals surface area contributed by atoms with Crippen molar-refractivity contribution in [2.45, 2.75) is 53.9 Å². The van der Waals surface area contributed by atoms with Crippen LogP contribution in [0.15, 0.2) is 24.3 Å². The molecule has 1 fully saturated rings. The molecule has 21 heavy (non-hydrogen) atoms. The van der Waals surface area contributed by atoms with E-state index in [2.05, 4.69) is 24.0 Å². The van der Waals surface area contributed by atoms with Gasteiger partial charge in [0.25, 0.3) is 0 Å². The quantitative estimate of drug-likeness (QED) is 0.712. The minimum absolute atomic E-state index is 0.0751. The number of Topliss-reactive ketones (excluding diaryl/α,β-unsaturated/α-hetero) is 1. The molecule has 0 N–H and O–H groups in total. The van der Waals surface area contributed by atoms with Crippen LogP contribution in [0.4, 0.5) is 5.69 Å². The van der Waals surface area contributed by atoms with Gasteiger partial charge in [-0.05, 0) is 43.0 Å². The summed E-state index contributed by atoms with van der Waals surface area (Å²) in [4.78, 5) is 14.3. The van der Waals surface area contributed by atoms with Gasteiger partial charge in [0.15, 0.2) is 5.78 Å². The molecule has 0 unspecified atom stereocenters. The Morgan fingerprint density at radius 1 is 1.14 bits per heavy atom. The molecule has 1 aromatic rings. The molecule has 0 saturated carbocycles. The number of hydrogen-bond donors (Lipinski definition) is 0. The first-order valence-corrected chi connectivity index (χ1v) is 8.51. The average Bonchev–Trinajstić information content (AvgIpc) is 2.56. The highest BCUT2D eigenvalue weighted by Gasteiger charge is 2.18. The van der Waals surface area contributed by atoms with E-state index in [1.54, 1.807) is 0 Å². The molecule has 2 rings (SSSR count). The van der Waals surface area contributed by atoms with Crippen LogP contribution in [0.25, 0.3) is 0 Å². The minimum Gasteiger partial charge on any atom is -0.372 e.